The number of nitrogens with zero attached hydrogens (tertiary/aromatic N) is 3. The van der Waals surface area contributed by atoms with Crippen molar-refractivity contribution in [3.8, 4) is 0 Å². The average Bonchev–Trinajstić information content (AvgIpc) is 3.15. The predicted octanol–water partition coefficient (Wildman–Crippen LogP) is 1.29. The van der Waals surface area contributed by atoms with Crippen molar-refractivity contribution in [3.05, 3.63) is 27.1 Å². The molecule has 1 aliphatic heterocycles. The molecule has 23 heavy (non-hydrogen) atoms. The zero-order valence-electron chi connectivity index (χ0n) is 13.8. The Balaban J connectivity index is 1.74. The van der Waals surface area contributed by atoms with Gasteiger partial charge in [-0.15, -0.1) is 11.3 Å². The van der Waals surface area contributed by atoms with Gasteiger partial charge in [0.1, 0.15) is 4.83 Å². The van der Waals surface area contributed by atoms with Crippen LogP contribution in [0, 0.1) is 13.8 Å². The SMILES string of the molecule is Cc1sc2ncn(CCC(=O)N(C)C3CCNC3)c(=O)c2c1C. The maximum absolute atomic E-state index is 12.6. The summed E-state index contributed by atoms with van der Waals surface area (Å²) in [7, 11) is 1.84. The van der Waals surface area contributed by atoms with Crippen molar-refractivity contribution in [2.24, 2.45) is 0 Å². The first-order valence-electron chi connectivity index (χ1n) is 7.90. The third kappa shape index (κ3) is 3.03. The number of hydrogen-bond acceptors (Lipinski definition) is 5. The molecule has 1 amide bonds. The van der Waals surface area contributed by atoms with Crippen LogP contribution >= 0.6 is 11.3 Å². The van der Waals surface area contributed by atoms with Crippen LogP contribution in [0.1, 0.15) is 23.3 Å². The molecule has 2 aromatic heterocycles. The first-order chi connectivity index (χ1) is 11.0. The van der Waals surface area contributed by atoms with E-state index in [1.165, 1.54) is 0 Å². The van der Waals surface area contributed by atoms with Gasteiger partial charge in [-0.05, 0) is 32.4 Å². The fourth-order valence-electron chi connectivity index (χ4n) is 3.00. The number of aryl methyl sites for hydroxylation is 3. The molecule has 0 bridgehead atoms. The number of thiophene rings is 1. The van der Waals surface area contributed by atoms with Crippen LogP contribution in [-0.4, -0.2) is 46.5 Å². The Kier molecular flexibility index (Phi) is 4.50. The fourth-order valence-corrected chi connectivity index (χ4v) is 3.98. The Bertz CT molecular complexity index is 789. The molecule has 0 saturated carbocycles. The zero-order chi connectivity index (χ0) is 16.6. The summed E-state index contributed by atoms with van der Waals surface area (Å²) in [6.07, 6.45) is 2.87. The molecule has 3 rings (SSSR count). The predicted molar refractivity (Wildman–Crippen MR) is 92.0 cm³/mol. The summed E-state index contributed by atoms with van der Waals surface area (Å²) in [5, 5.41) is 3.95. The van der Waals surface area contributed by atoms with E-state index in [-0.39, 0.29) is 17.5 Å². The van der Waals surface area contributed by atoms with Crippen molar-refractivity contribution in [2.45, 2.75) is 39.3 Å². The molecule has 124 valence electrons. The van der Waals surface area contributed by atoms with E-state index in [0.29, 0.717) is 18.4 Å². The highest BCUT2D eigenvalue weighted by atomic mass is 32.1. The van der Waals surface area contributed by atoms with Gasteiger partial charge in [-0.25, -0.2) is 4.98 Å². The molecular weight excluding hydrogens is 312 g/mol. The van der Waals surface area contributed by atoms with E-state index in [9.17, 15) is 9.59 Å². The number of fused-ring (bicyclic) bond motifs is 1. The van der Waals surface area contributed by atoms with Crippen molar-refractivity contribution in [2.75, 3.05) is 20.1 Å². The number of amides is 1. The molecule has 0 aliphatic carbocycles. The molecule has 1 fully saturated rings. The van der Waals surface area contributed by atoms with E-state index < -0.39 is 0 Å². The molecule has 6 nitrogen and oxygen atoms in total. The molecule has 0 spiro atoms. The molecule has 2 aromatic rings. The van der Waals surface area contributed by atoms with Gasteiger partial charge < -0.3 is 10.2 Å². The van der Waals surface area contributed by atoms with Gasteiger partial charge in [0.05, 0.1) is 11.7 Å². The standard InChI is InChI=1S/C16H22N4O2S/c1-10-11(2)23-15-14(10)16(22)20(9-18-15)7-5-13(21)19(3)12-4-6-17-8-12/h9,12,17H,4-8H2,1-3H3. The summed E-state index contributed by atoms with van der Waals surface area (Å²) in [5.74, 6) is 0.0731. The summed E-state index contributed by atoms with van der Waals surface area (Å²) in [4.78, 5) is 33.0. The lowest BCUT2D eigenvalue weighted by Gasteiger charge is -2.23. The largest absolute Gasteiger partial charge is 0.341 e. The molecule has 0 radical (unpaired) electrons. The molecule has 0 aromatic carbocycles. The normalized spacial score (nSPS) is 17.8. The number of carbonyl (C=O) groups is 1. The zero-order valence-corrected chi connectivity index (χ0v) is 14.6. The van der Waals surface area contributed by atoms with Gasteiger partial charge >= 0.3 is 0 Å². The van der Waals surface area contributed by atoms with Crippen molar-refractivity contribution in [1.82, 2.24) is 19.8 Å². The van der Waals surface area contributed by atoms with E-state index in [1.807, 2.05) is 20.9 Å². The van der Waals surface area contributed by atoms with Gasteiger partial charge in [0.15, 0.2) is 0 Å². The van der Waals surface area contributed by atoms with Gasteiger partial charge in [0.2, 0.25) is 5.91 Å². The van der Waals surface area contributed by atoms with Gasteiger partial charge in [-0.3, -0.25) is 14.2 Å². The van der Waals surface area contributed by atoms with E-state index in [0.717, 1.165) is 34.8 Å². The second-order valence-electron chi connectivity index (χ2n) is 6.11. The Morgan fingerprint density at radius 2 is 2.30 bits per heavy atom. The Morgan fingerprint density at radius 3 is 3.00 bits per heavy atom. The smallest absolute Gasteiger partial charge is 0.262 e. The van der Waals surface area contributed by atoms with Crippen molar-refractivity contribution >= 4 is 27.5 Å². The van der Waals surface area contributed by atoms with E-state index >= 15 is 0 Å². The molecular formula is C16H22N4O2S. The molecule has 1 atom stereocenters. The second-order valence-corrected chi connectivity index (χ2v) is 7.31. The Hall–Kier alpha value is -1.73. The van der Waals surface area contributed by atoms with Crippen molar-refractivity contribution in [3.63, 3.8) is 0 Å². The van der Waals surface area contributed by atoms with Crippen LogP contribution in [0.2, 0.25) is 0 Å². The minimum atomic E-state index is -0.0464. The van der Waals surface area contributed by atoms with Gasteiger partial charge in [-0.2, -0.15) is 0 Å². The number of likely N-dealkylation sites (N-methyl/N-ethyl adjacent to an activating group) is 1. The van der Waals surface area contributed by atoms with Crippen molar-refractivity contribution in [1.29, 1.82) is 0 Å². The minimum Gasteiger partial charge on any atom is -0.341 e. The molecule has 1 saturated heterocycles. The number of rotatable bonds is 4. The Labute approximate surface area is 139 Å². The van der Waals surface area contributed by atoms with E-state index in [2.05, 4.69) is 10.3 Å². The quantitative estimate of drug-likeness (QED) is 0.915. The van der Waals surface area contributed by atoms with Crippen LogP contribution in [0.15, 0.2) is 11.1 Å². The Morgan fingerprint density at radius 1 is 1.52 bits per heavy atom. The highest BCUT2D eigenvalue weighted by Gasteiger charge is 2.23. The number of carbonyl (C=O) groups excluding carboxylic acids is 1. The first-order valence-corrected chi connectivity index (χ1v) is 8.72. The minimum absolute atomic E-state index is 0.0464. The van der Waals surface area contributed by atoms with E-state index in [1.54, 1.807) is 27.1 Å². The summed E-state index contributed by atoms with van der Waals surface area (Å²) in [6, 6.07) is 0.265. The van der Waals surface area contributed by atoms with Crippen LogP contribution in [0.25, 0.3) is 10.2 Å². The lowest BCUT2D eigenvalue weighted by atomic mass is 10.2. The third-order valence-corrected chi connectivity index (χ3v) is 5.81. The van der Waals surface area contributed by atoms with Gasteiger partial charge in [-0.1, -0.05) is 0 Å². The van der Waals surface area contributed by atoms with Crippen LogP contribution < -0.4 is 10.9 Å². The van der Waals surface area contributed by atoms with Crippen LogP contribution in [0.5, 0.6) is 0 Å². The van der Waals surface area contributed by atoms with Crippen LogP contribution in [0.4, 0.5) is 0 Å². The maximum atomic E-state index is 12.6. The lowest BCUT2D eigenvalue weighted by molar-refractivity contribution is -0.131. The highest BCUT2D eigenvalue weighted by Crippen LogP contribution is 2.25. The molecule has 1 N–H and O–H groups in total. The molecule has 1 aliphatic rings. The number of hydrogen-bond donors (Lipinski definition) is 1. The summed E-state index contributed by atoms with van der Waals surface area (Å²) in [6.45, 7) is 6.13. The van der Waals surface area contributed by atoms with Crippen LogP contribution in [-0.2, 0) is 11.3 Å². The number of aromatic nitrogens is 2. The van der Waals surface area contributed by atoms with Crippen LogP contribution in [0.3, 0.4) is 0 Å². The van der Waals surface area contributed by atoms with Gasteiger partial charge in [0, 0.05) is 37.5 Å². The lowest BCUT2D eigenvalue weighted by Crippen LogP contribution is -2.39. The average molecular weight is 334 g/mol. The van der Waals surface area contributed by atoms with Gasteiger partial charge in [0.25, 0.3) is 5.56 Å². The van der Waals surface area contributed by atoms with E-state index in [4.69, 9.17) is 0 Å². The molecule has 1 unspecified atom stereocenters. The summed E-state index contributed by atoms with van der Waals surface area (Å²) in [5.41, 5.74) is 0.951. The summed E-state index contributed by atoms with van der Waals surface area (Å²) < 4.78 is 1.56. The molecule has 7 heteroatoms. The van der Waals surface area contributed by atoms with Crippen molar-refractivity contribution < 1.29 is 4.79 Å². The first kappa shape index (κ1) is 16.1. The highest BCUT2D eigenvalue weighted by molar-refractivity contribution is 7.18. The fraction of sp³-hybridized carbons (Fsp3) is 0.562. The topological polar surface area (TPSA) is 67.2 Å². The monoisotopic (exact) mass is 334 g/mol. The maximum Gasteiger partial charge on any atom is 0.262 e. The second kappa shape index (κ2) is 6.41. The third-order valence-electron chi connectivity index (χ3n) is 4.70. The number of nitrogens with one attached hydrogen (secondary N) is 1. The molecule has 3 heterocycles. The summed E-state index contributed by atoms with van der Waals surface area (Å²) >= 11 is 1.54.